The Morgan fingerprint density at radius 1 is 0.680 bits per heavy atom. The van der Waals surface area contributed by atoms with Gasteiger partial charge in [0.2, 0.25) is 0 Å². The zero-order valence-corrected chi connectivity index (χ0v) is 14.1. The number of aromatic hydroxyl groups is 1. The predicted molar refractivity (Wildman–Crippen MR) is 102 cm³/mol. The average Bonchev–Trinajstić information content (AvgIpc) is 2.66. The molecule has 0 unspecified atom stereocenters. The van der Waals surface area contributed by atoms with Crippen LogP contribution in [0.1, 0.15) is 0 Å². The van der Waals surface area contributed by atoms with E-state index in [4.69, 9.17) is 9.47 Å². The highest BCUT2D eigenvalue weighted by atomic mass is 16.5. The maximum atomic E-state index is 10.1. The Morgan fingerprint density at radius 3 is 2.24 bits per heavy atom. The normalized spacial score (nSPS) is 11.0. The van der Waals surface area contributed by atoms with Gasteiger partial charge in [-0.15, -0.1) is 0 Å². The number of rotatable bonds is 3. The SMILES string of the molecule is COc1cccc2cc(-c3ccc4cccc(O)c4c3)cc(OC)c12. The lowest BCUT2D eigenvalue weighted by molar-refractivity contribution is 0.405. The molecule has 0 bridgehead atoms. The number of benzene rings is 4. The van der Waals surface area contributed by atoms with Crippen molar-refractivity contribution < 1.29 is 14.6 Å². The third-order valence-electron chi connectivity index (χ3n) is 4.53. The van der Waals surface area contributed by atoms with Crippen LogP contribution >= 0.6 is 0 Å². The summed E-state index contributed by atoms with van der Waals surface area (Å²) in [7, 11) is 3.32. The lowest BCUT2D eigenvalue weighted by Crippen LogP contribution is -1.91. The Morgan fingerprint density at radius 2 is 1.44 bits per heavy atom. The van der Waals surface area contributed by atoms with Gasteiger partial charge in [-0.3, -0.25) is 0 Å². The molecule has 4 aromatic carbocycles. The van der Waals surface area contributed by atoms with E-state index in [0.717, 1.165) is 44.2 Å². The van der Waals surface area contributed by atoms with Gasteiger partial charge in [-0.05, 0) is 52.2 Å². The molecule has 4 rings (SSSR count). The molecule has 0 saturated heterocycles. The fraction of sp³-hybridized carbons (Fsp3) is 0.0909. The molecule has 0 fully saturated rings. The second kappa shape index (κ2) is 6.02. The molecule has 4 aromatic rings. The molecule has 0 aromatic heterocycles. The van der Waals surface area contributed by atoms with Crippen molar-refractivity contribution in [3.8, 4) is 28.4 Å². The summed E-state index contributed by atoms with van der Waals surface area (Å²) in [6.45, 7) is 0. The van der Waals surface area contributed by atoms with E-state index in [1.165, 1.54) is 0 Å². The van der Waals surface area contributed by atoms with Crippen LogP contribution in [0.15, 0.2) is 66.7 Å². The van der Waals surface area contributed by atoms with E-state index >= 15 is 0 Å². The molecule has 0 aliphatic heterocycles. The minimum atomic E-state index is 0.286. The molecule has 3 nitrogen and oxygen atoms in total. The smallest absolute Gasteiger partial charge is 0.131 e. The number of methoxy groups -OCH3 is 2. The van der Waals surface area contributed by atoms with Crippen molar-refractivity contribution in [2.24, 2.45) is 0 Å². The van der Waals surface area contributed by atoms with Crippen LogP contribution in [0.5, 0.6) is 17.2 Å². The van der Waals surface area contributed by atoms with Gasteiger partial charge in [0.15, 0.2) is 0 Å². The molecule has 0 aliphatic carbocycles. The van der Waals surface area contributed by atoms with Crippen LogP contribution in [0, 0.1) is 0 Å². The van der Waals surface area contributed by atoms with Crippen LogP contribution < -0.4 is 9.47 Å². The number of ether oxygens (including phenoxy) is 2. The third-order valence-corrected chi connectivity index (χ3v) is 4.53. The van der Waals surface area contributed by atoms with Gasteiger partial charge >= 0.3 is 0 Å². The highest BCUT2D eigenvalue weighted by Crippen LogP contribution is 2.39. The summed E-state index contributed by atoms with van der Waals surface area (Å²) in [6.07, 6.45) is 0. The topological polar surface area (TPSA) is 38.7 Å². The van der Waals surface area contributed by atoms with E-state index in [-0.39, 0.29) is 5.75 Å². The Balaban J connectivity index is 1.97. The molecule has 0 saturated carbocycles. The number of phenolic OH excluding ortho intramolecular Hbond substituents is 1. The van der Waals surface area contributed by atoms with Crippen LogP contribution in [0.4, 0.5) is 0 Å². The molecule has 0 aliphatic rings. The van der Waals surface area contributed by atoms with E-state index < -0.39 is 0 Å². The molecular formula is C22H18O3. The van der Waals surface area contributed by atoms with Crippen LogP contribution in [-0.4, -0.2) is 19.3 Å². The van der Waals surface area contributed by atoms with E-state index in [1.807, 2.05) is 48.5 Å². The summed E-state index contributed by atoms with van der Waals surface area (Å²) in [4.78, 5) is 0. The van der Waals surface area contributed by atoms with Crippen LogP contribution in [-0.2, 0) is 0 Å². The maximum Gasteiger partial charge on any atom is 0.131 e. The standard InChI is InChI=1S/C22H18O3/c1-24-20-8-4-6-16-11-17(13-21(25-2)22(16)20)15-10-9-14-5-3-7-19(23)18(14)12-15/h3-13,23H,1-2H3. The zero-order chi connectivity index (χ0) is 17.4. The van der Waals surface area contributed by atoms with Crippen molar-refractivity contribution >= 4 is 21.5 Å². The molecule has 0 heterocycles. The van der Waals surface area contributed by atoms with Crippen molar-refractivity contribution in [1.82, 2.24) is 0 Å². The molecule has 3 heteroatoms. The van der Waals surface area contributed by atoms with Crippen molar-refractivity contribution in [3.63, 3.8) is 0 Å². The Bertz CT molecular complexity index is 1080. The Labute approximate surface area is 146 Å². The van der Waals surface area contributed by atoms with Gasteiger partial charge < -0.3 is 14.6 Å². The summed E-state index contributed by atoms with van der Waals surface area (Å²) in [6, 6.07) is 21.7. The molecular weight excluding hydrogens is 312 g/mol. The molecule has 0 spiro atoms. The van der Waals surface area contributed by atoms with Crippen molar-refractivity contribution in [1.29, 1.82) is 0 Å². The van der Waals surface area contributed by atoms with Crippen molar-refractivity contribution in [3.05, 3.63) is 66.7 Å². The largest absolute Gasteiger partial charge is 0.507 e. The lowest BCUT2D eigenvalue weighted by Gasteiger charge is -2.13. The van der Waals surface area contributed by atoms with Gasteiger partial charge in [-0.25, -0.2) is 0 Å². The van der Waals surface area contributed by atoms with E-state index in [9.17, 15) is 5.11 Å². The third kappa shape index (κ3) is 2.54. The summed E-state index contributed by atoms with van der Waals surface area (Å²) < 4.78 is 11.1. The second-order valence-electron chi connectivity index (χ2n) is 5.95. The molecule has 1 N–H and O–H groups in total. The minimum Gasteiger partial charge on any atom is -0.507 e. The zero-order valence-electron chi connectivity index (χ0n) is 14.1. The first kappa shape index (κ1) is 15.3. The predicted octanol–water partition coefficient (Wildman–Crippen LogP) is 5.38. The van der Waals surface area contributed by atoms with Gasteiger partial charge in [-0.1, -0.05) is 36.4 Å². The van der Waals surface area contributed by atoms with E-state index in [1.54, 1.807) is 20.3 Å². The quantitative estimate of drug-likeness (QED) is 0.548. The fourth-order valence-electron chi connectivity index (χ4n) is 3.29. The van der Waals surface area contributed by atoms with Gasteiger partial charge in [-0.2, -0.15) is 0 Å². The minimum absolute atomic E-state index is 0.286. The first-order chi connectivity index (χ1) is 12.2. The van der Waals surface area contributed by atoms with Gasteiger partial charge in [0.05, 0.1) is 19.6 Å². The van der Waals surface area contributed by atoms with Gasteiger partial charge in [0.1, 0.15) is 17.2 Å². The van der Waals surface area contributed by atoms with Crippen molar-refractivity contribution in [2.75, 3.05) is 14.2 Å². The molecule has 25 heavy (non-hydrogen) atoms. The summed E-state index contributed by atoms with van der Waals surface area (Å²) >= 11 is 0. The number of phenols is 1. The maximum absolute atomic E-state index is 10.1. The van der Waals surface area contributed by atoms with E-state index in [0.29, 0.717) is 0 Å². The molecule has 0 amide bonds. The summed E-state index contributed by atoms with van der Waals surface area (Å²) in [5, 5.41) is 14.0. The van der Waals surface area contributed by atoms with Gasteiger partial charge in [0.25, 0.3) is 0 Å². The first-order valence-electron chi connectivity index (χ1n) is 8.08. The Hall–Kier alpha value is -3.20. The lowest BCUT2D eigenvalue weighted by atomic mass is 9.97. The van der Waals surface area contributed by atoms with Crippen LogP contribution in [0.3, 0.4) is 0 Å². The van der Waals surface area contributed by atoms with E-state index in [2.05, 4.69) is 12.1 Å². The highest BCUT2D eigenvalue weighted by Gasteiger charge is 2.11. The first-order valence-corrected chi connectivity index (χ1v) is 8.08. The van der Waals surface area contributed by atoms with Crippen molar-refractivity contribution in [2.45, 2.75) is 0 Å². The molecule has 124 valence electrons. The fourth-order valence-corrected chi connectivity index (χ4v) is 3.29. The summed E-state index contributed by atoms with van der Waals surface area (Å²) in [5.74, 6) is 1.84. The highest BCUT2D eigenvalue weighted by molar-refractivity contribution is 5.98. The average molecular weight is 330 g/mol. The van der Waals surface area contributed by atoms with Crippen LogP contribution in [0.2, 0.25) is 0 Å². The molecule has 0 radical (unpaired) electrons. The second-order valence-corrected chi connectivity index (χ2v) is 5.95. The van der Waals surface area contributed by atoms with Crippen LogP contribution in [0.25, 0.3) is 32.7 Å². The van der Waals surface area contributed by atoms with Gasteiger partial charge in [0, 0.05) is 5.39 Å². The number of hydrogen-bond acceptors (Lipinski definition) is 3. The number of hydrogen-bond donors (Lipinski definition) is 1. The number of fused-ring (bicyclic) bond motifs is 2. The monoisotopic (exact) mass is 330 g/mol. The summed E-state index contributed by atoms with van der Waals surface area (Å²) in [5.41, 5.74) is 2.06. The molecule has 0 atom stereocenters. The Kier molecular flexibility index (Phi) is 3.69.